The molecular weight excluding hydrogens is 615 g/mol. The Balaban J connectivity index is 1.02. The molecule has 0 N–H and O–H groups in total. The highest BCUT2D eigenvalue weighted by atomic mass is 16.5. The lowest BCUT2D eigenvalue weighted by Crippen LogP contribution is -2.34. The Morgan fingerprint density at radius 1 is 0.500 bits per heavy atom. The van der Waals surface area contributed by atoms with Gasteiger partial charge in [-0.15, -0.1) is 0 Å². The summed E-state index contributed by atoms with van der Waals surface area (Å²) in [5.41, 5.74) is 12.9. The Bertz CT molecular complexity index is 2440. The van der Waals surface area contributed by atoms with E-state index in [-0.39, 0.29) is 17.9 Å². The van der Waals surface area contributed by atoms with Crippen LogP contribution in [-0.2, 0) is 0 Å². The molecule has 0 saturated carbocycles. The average Bonchev–Trinajstić information content (AvgIpc) is 3.55. The van der Waals surface area contributed by atoms with E-state index >= 15 is 0 Å². The van der Waals surface area contributed by atoms with Crippen LogP contribution in [0.2, 0.25) is 0 Å². The van der Waals surface area contributed by atoms with Gasteiger partial charge in [-0.25, -0.2) is 0 Å². The average molecular weight is 646 g/mol. The minimum absolute atomic E-state index is 0.0327. The van der Waals surface area contributed by atoms with Crippen molar-refractivity contribution in [2.45, 2.75) is 12.5 Å². The molecule has 0 aromatic heterocycles. The number of para-hydroxylation sites is 2. The number of fused-ring (bicyclic) bond motifs is 7. The summed E-state index contributed by atoms with van der Waals surface area (Å²) in [6, 6.07) is 42.8. The quantitative estimate of drug-likeness (QED) is 0.195. The molecule has 4 heteroatoms. The molecule has 0 spiro atoms. The van der Waals surface area contributed by atoms with Crippen molar-refractivity contribution in [3.63, 3.8) is 0 Å². The molecule has 0 bridgehead atoms. The Hall–Kier alpha value is -6.26. The van der Waals surface area contributed by atoms with Crippen LogP contribution in [0.3, 0.4) is 0 Å². The summed E-state index contributed by atoms with van der Waals surface area (Å²) in [6.45, 7) is 0. The van der Waals surface area contributed by atoms with Crippen LogP contribution in [0.25, 0.3) is 27.8 Å². The molecule has 0 radical (unpaired) electrons. The van der Waals surface area contributed by atoms with Crippen molar-refractivity contribution < 1.29 is 14.2 Å². The van der Waals surface area contributed by atoms with E-state index in [1.165, 1.54) is 33.4 Å². The van der Waals surface area contributed by atoms with Crippen LogP contribution in [0.15, 0.2) is 175 Å². The first-order chi connectivity index (χ1) is 24.8. The molecule has 0 amide bonds. The van der Waals surface area contributed by atoms with Gasteiger partial charge < -0.3 is 19.1 Å². The van der Waals surface area contributed by atoms with Crippen LogP contribution in [-0.4, -0.2) is 6.10 Å². The summed E-state index contributed by atoms with van der Waals surface area (Å²) in [5, 5.41) is 0. The van der Waals surface area contributed by atoms with E-state index in [1.807, 2.05) is 12.1 Å². The van der Waals surface area contributed by atoms with Crippen molar-refractivity contribution in [3.05, 3.63) is 192 Å². The molecule has 3 heterocycles. The summed E-state index contributed by atoms with van der Waals surface area (Å²) < 4.78 is 19.6. The molecular formula is C46H31NO3. The van der Waals surface area contributed by atoms with Gasteiger partial charge in [0.15, 0.2) is 0 Å². The number of hydrogen-bond donors (Lipinski definition) is 0. The van der Waals surface area contributed by atoms with E-state index in [1.54, 1.807) is 0 Å². The molecule has 3 aliphatic carbocycles. The first-order valence-corrected chi connectivity index (χ1v) is 17.3. The summed E-state index contributed by atoms with van der Waals surface area (Å²) in [7, 11) is 0. The molecule has 238 valence electrons. The van der Waals surface area contributed by atoms with Gasteiger partial charge in [-0.3, -0.25) is 0 Å². The number of allylic oxidation sites excluding steroid dienone is 7. The second-order valence-corrected chi connectivity index (χ2v) is 13.5. The summed E-state index contributed by atoms with van der Waals surface area (Å²) >= 11 is 0. The second-order valence-electron chi connectivity index (χ2n) is 13.5. The van der Waals surface area contributed by atoms with Crippen molar-refractivity contribution in [2.24, 2.45) is 11.8 Å². The molecule has 5 aromatic rings. The molecule has 0 fully saturated rings. The second kappa shape index (κ2) is 10.6. The van der Waals surface area contributed by atoms with Crippen LogP contribution < -0.4 is 19.1 Å². The largest absolute Gasteiger partial charge is 0.485 e. The van der Waals surface area contributed by atoms with Crippen molar-refractivity contribution in [1.82, 2.24) is 0 Å². The third-order valence-electron chi connectivity index (χ3n) is 10.8. The molecule has 4 nitrogen and oxygen atoms in total. The number of ether oxygens (including phenoxy) is 3. The van der Waals surface area contributed by atoms with Gasteiger partial charge in [-0.1, -0.05) is 97.1 Å². The third kappa shape index (κ3) is 4.12. The van der Waals surface area contributed by atoms with E-state index in [0.717, 1.165) is 63.4 Å². The minimum Gasteiger partial charge on any atom is -0.485 e. The zero-order chi connectivity index (χ0) is 32.8. The number of anilines is 2. The standard InChI is InChI=1S/C46H31NO3/c1-2-8-28(9-3-1)29-14-16-30(17-15-29)47(31-19-23-41-38(26-31)34-11-5-7-13-40(34)48-41)32-18-20-35-37-22-24-42-45-36(33-10-4-6-12-39(33)49-42)21-25-43(46(37)45)50-44(35)27-32/h1-22,24-27,41,45-46H,23H2. The minimum atomic E-state index is 0.0327. The van der Waals surface area contributed by atoms with E-state index in [0.29, 0.717) is 0 Å². The number of nitrogens with zero attached hydrogens (tertiary/aromatic N) is 1. The summed E-state index contributed by atoms with van der Waals surface area (Å²) in [4.78, 5) is 2.35. The predicted octanol–water partition coefficient (Wildman–Crippen LogP) is 10.9. The maximum Gasteiger partial charge on any atom is 0.136 e. The van der Waals surface area contributed by atoms with Crippen LogP contribution in [0.5, 0.6) is 17.2 Å². The van der Waals surface area contributed by atoms with Crippen LogP contribution >= 0.6 is 0 Å². The Morgan fingerprint density at radius 3 is 1.86 bits per heavy atom. The summed E-state index contributed by atoms with van der Waals surface area (Å²) in [6.07, 6.45) is 14.2. The third-order valence-corrected chi connectivity index (χ3v) is 10.8. The fourth-order valence-electron chi connectivity index (χ4n) is 8.51. The Morgan fingerprint density at radius 2 is 1.10 bits per heavy atom. The molecule has 6 aliphatic rings. The van der Waals surface area contributed by atoms with Gasteiger partial charge >= 0.3 is 0 Å². The zero-order valence-electron chi connectivity index (χ0n) is 27.1. The summed E-state index contributed by atoms with van der Waals surface area (Å²) in [5.74, 6) is 4.86. The highest BCUT2D eigenvalue weighted by molar-refractivity contribution is 5.90. The lowest BCUT2D eigenvalue weighted by Gasteiger charge is -2.43. The van der Waals surface area contributed by atoms with Crippen LogP contribution in [0.1, 0.15) is 23.1 Å². The SMILES string of the molecule is C1=C2c3ccccc3OC2CC=C1N(c1ccc(-c2ccccc2)cc1)c1ccc2c(c1)OC1=CC=C3c4ccccc4OC4=CC=C2C1C43. The number of benzene rings is 5. The molecule has 50 heavy (non-hydrogen) atoms. The van der Waals surface area contributed by atoms with Crippen LogP contribution in [0, 0.1) is 11.8 Å². The first-order valence-electron chi connectivity index (χ1n) is 17.3. The fraction of sp³-hybridized carbons (Fsp3) is 0.0870. The van der Waals surface area contributed by atoms with E-state index in [2.05, 4.69) is 151 Å². The van der Waals surface area contributed by atoms with Gasteiger partial charge in [0.25, 0.3) is 0 Å². The predicted molar refractivity (Wildman–Crippen MR) is 199 cm³/mol. The number of hydrogen-bond acceptors (Lipinski definition) is 4. The normalized spacial score (nSPS) is 21.3. The van der Waals surface area contributed by atoms with E-state index in [4.69, 9.17) is 14.2 Å². The van der Waals surface area contributed by atoms with Gasteiger partial charge in [-0.2, -0.15) is 0 Å². The zero-order valence-corrected chi connectivity index (χ0v) is 27.1. The lowest BCUT2D eigenvalue weighted by molar-refractivity contribution is 0.278. The van der Waals surface area contributed by atoms with Crippen molar-refractivity contribution in [1.29, 1.82) is 0 Å². The maximum absolute atomic E-state index is 6.84. The van der Waals surface area contributed by atoms with Gasteiger partial charge in [0, 0.05) is 51.8 Å². The van der Waals surface area contributed by atoms with Gasteiger partial charge in [-0.05, 0) is 76.9 Å². The van der Waals surface area contributed by atoms with Crippen molar-refractivity contribution in [2.75, 3.05) is 4.90 Å². The highest BCUT2D eigenvalue weighted by Crippen LogP contribution is 2.57. The van der Waals surface area contributed by atoms with Crippen molar-refractivity contribution >= 4 is 28.1 Å². The molecule has 5 aromatic carbocycles. The van der Waals surface area contributed by atoms with Crippen LogP contribution in [0.4, 0.5) is 11.4 Å². The fourth-order valence-corrected chi connectivity index (χ4v) is 8.51. The smallest absolute Gasteiger partial charge is 0.136 e. The molecule has 3 aliphatic heterocycles. The molecule has 11 rings (SSSR count). The molecule has 3 unspecified atom stereocenters. The topological polar surface area (TPSA) is 30.9 Å². The van der Waals surface area contributed by atoms with Gasteiger partial charge in [0.1, 0.15) is 34.9 Å². The Kier molecular flexibility index (Phi) is 5.88. The van der Waals surface area contributed by atoms with E-state index < -0.39 is 0 Å². The van der Waals surface area contributed by atoms with E-state index in [9.17, 15) is 0 Å². The lowest BCUT2D eigenvalue weighted by atomic mass is 9.68. The first kappa shape index (κ1) is 27.7. The Labute approximate surface area is 290 Å². The molecule has 0 saturated heterocycles. The van der Waals surface area contributed by atoms with Gasteiger partial charge in [0.05, 0.1) is 11.8 Å². The number of rotatable bonds is 4. The van der Waals surface area contributed by atoms with Gasteiger partial charge in [0.2, 0.25) is 0 Å². The molecule has 3 atom stereocenters. The highest BCUT2D eigenvalue weighted by Gasteiger charge is 2.46. The monoisotopic (exact) mass is 645 g/mol. The maximum atomic E-state index is 6.84. The van der Waals surface area contributed by atoms with Crippen molar-refractivity contribution in [3.8, 4) is 28.4 Å².